The first kappa shape index (κ1) is 20.6. The number of nitrogens with zero attached hydrogens (tertiary/aromatic N) is 4. The molecule has 1 aromatic carbocycles. The van der Waals surface area contributed by atoms with Crippen LogP contribution in [-0.4, -0.2) is 32.3 Å². The van der Waals surface area contributed by atoms with E-state index in [0.717, 1.165) is 24.0 Å². The fourth-order valence-electron chi connectivity index (χ4n) is 3.94. The standard InChI is InChI=1S/C22H24FN5O3/c1-3-5-13-6-7-14(23)10-16(13)17-11-15(29)12-27(17)18-8-9-28-21(25-18)19(20(24)26-28)22(30)31-4-2/h6-10,12,17,29H,3-5,11H2,1-2H3,(H2,24,26). The van der Waals surface area contributed by atoms with Gasteiger partial charge in [0.15, 0.2) is 11.5 Å². The van der Waals surface area contributed by atoms with E-state index in [1.165, 1.54) is 16.6 Å². The van der Waals surface area contributed by atoms with Crippen LogP contribution < -0.4 is 10.6 Å². The molecule has 0 spiro atoms. The Morgan fingerprint density at radius 3 is 2.90 bits per heavy atom. The molecule has 3 N–H and O–H groups in total. The predicted molar refractivity (Wildman–Crippen MR) is 114 cm³/mol. The summed E-state index contributed by atoms with van der Waals surface area (Å²) in [5, 5.41) is 14.4. The summed E-state index contributed by atoms with van der Waals surface area (Å²) in [5.74, 6) is -0.283. The third kappa shape index (κ3) is 3.78. The highest BCUT2D eigenvalue weighted by Crippen LogP contribution is 2.39. The number of nitrogen functional groups attached to an aromatic ring is 1. The van der Waals surface area contributed by atoms with Crippen molar-refractivity contribution in [3.05, 3.63) is 64.9 Å². The molecule has 0 bridgehead atoms. The third-order valence-corrected chi connectivity index (χ3v) is 5.25. The van der Waals surface area contributed by atoms with E-state index in [1.54, 1.807) is 36.4 Å². The number of carbonyl (C=O) groups excluding carboxylic acids is 1. The van der Waals surface area contributed by atoms with Crippen molar-refractivity contribution in [2.24, 2.45) is 0 Å². The van der Waals surface area contributed by atoms with Gasteiger partial charge in [0.05, 0.1) is 12.6 Å². The molecule has 0 aliphatic carbocycles. The van der Waals surface area contributed by atoms with Crippen LogP contribution in [0.2, 0.25) is 0 Å². The minimum atomic E-state index is -0.605. The van der Waals surface area contributed by atoms with Crippen LogP contribution in [0.1, 0.15) is 54.2 Å². The second-order valence-corrected chi connectivity index (χ2v) is 7.38. The van der Waals surface area contributed by atoms with Crippen molar-refractivity contribution in [3.63, 3.8) is 0 Å². The highest BCUT2D eigenvalue weighted by atomic mass is 19.1. The maximum Gasteiger partial charge on any atom is 0.345 e. The van der Waals surface area contributed by atoms with Crippen LogP contribution in [0.25, 0.3) is 5.65 Å². The molecule has 0 radical (unpaired) electrons. The highest BCUT2D eigenvalue weighted by Gasteiger charge is 2.31. The van der Waals surface area contributed by atoms with Gasteiger partial charge in [-0.15, -0.1) is 5.10 Å². The minimum absolute atomic E-state index is 0.0230. The van der Waals surface area contributed by atoms with Crippen LogP contribution in [0, 0.1) is 5.82 Å². The lowest BCUT2D eigenvalue weighted by atomic mass is 9.95. The second-order valence-electron chi connectivity index (χ2n) is 7.38. The van der Waals surface area contributed by atoms with Gasteiger partial charge in [0.2, 0.25) is 0 Å². The largest absolute Gasteiger partial charge is 0.511 e. The molecule has 0 saturated heterocycles. The summed E-state index contributed by atoms with van der Waals surface area (Å²) in [6.45, 7) is 3.96. The molecule has 3 aromatic rings. The highest BCUT2D eigenvalue weighted by molar-refractivity contribution is 6.00. The van der Waals surface area contributed by atoms with Crippen molar-refractivity contribution in [1.82, 2.24) is 14.6 Å². The number of aliphatic hydroxyl groups excluding tert-OH is 1. The predicted octanol–water partition coefficient (Wildman–Crippen LogP) is 3.93. The lowest BCUT2D eigenvalue weighted by molar-refractivity contribution is 0.0529. The zero-order chi connectivity index (χ0) is 22.1. The number of hydrogen-bond acceptors (Lipinski definition) is 7. The van der Waals surface area contributed by atoms with Crippen LogP contribution in [-0.2, 0) is 11.2 Å². The number of hydrogen-bond donors (Lipinski definition) is 2. The normalized spacial score (nSPS) is 16.0. The first-order valence-electron chi connectivity index (χ1n) is 10.2. The van der Waals surface area contributed by atoms with E-state index in [9.17, 15) is 14.3 Å². The number of aryl methyl sites for hydroxylation is 1. The molecule has 3 heterocycles. The van der Waals surface area contributed by atoms with Gasteiger partial charge < -0.3 is 20.5 Å². The van der Waals surface area contributed by atoms with Gasteiger partial charge in [-0.25, -0.2) is 18.7 Å². The molecule has 31 heavy (non-hydrogen) atoms. The average molecular weight is 425 g/mol. The quantitative estimate of drug-likeness (QED) is 0.576. The van der Waals surface area contributed by atoms with Gasteiger partial charge in [-0.2, -0.15) is 0 Å². The molecule has 8 nitrogen and oxygen atoms in total. The summed E-state index contributed by atoms with van der Waals surface area (Å²) in [4.78, 5) is 18.7. The Balaban J connectivity index is 1.80. The van der Waals surface area contributed by atoms with E-state index in [-0.39, 0.29) is 41.3 Å². The van der Waals surface area contributed by atoms with E-state index < -0.39 is 5.97 Å². The SMILES string of the molecule is CCCc1ccc(F)cc1C1CC(O)=CN1c1ccn2nc(N)c(C(=O)OCC)c2n1. The molecular formula is C22H24FN5O3. The van der Waals surface area contributed by atoms with Crippen molar-refractivity contribution in [3.8, 4) is 0 Å². The van der Waals surface area contributed by atoms with E-state index in [4.69, 9.17) is 10.5 Å². The van der Waals surface area contributed by atoms with Crippen molar-refractivity contribution in [2.75, 3.05) is 17.2 Å². The fraction of sp³-hybridized carbons (Fsp3) is 0.318. The molecule has 1 atom stereocenters. The zero-order valence-electron chi connectivity index (χ0n) is 17.4. The van der Waals surface area contributed by atoms with Crippen molar-refractivity contribution < 1.29 is 19.0 Å². The molecule has 4 rings (SSSR count). The van der Waals surface area contributed by atoms with Gasteiger partial charge in [0.25, 0.3) is 0 Å². The zero-order valence-corrected chi connectivity index (χ0v) is 17.4. The van der Waals surface area contributed by atoms with Gasteiger partial charge >= 0.3 is 5.97 Å². The van der Waals surface area contributed by atoms with Gasteiger partial charge in [-0.3, -0.25) is 0 Å². The van der Waals surface area contributed by atoms with Crippen LogP contribution in [0.5, 0.6) is 0 Å². The lowest BCUT2D eigenvalue weighted by Gasteiger charge is -2.26. The summed E-state index contributed by atoms with van der Waals surface area (Å²) >= 11 is 0. The Bertz CT molecular complexity index is 1170. The molecule has 1 aliphatic rings. The van der Waals surface area contributed by atoms with E-state index in [0.29, 0.717) is 12.2 Å². The van der Waals surface area contributed by atoms with Gasteiger partial charge in [0.1, 0.15) is 23.0 Å². The van der Waals surface area contributed by atoms with Gasteiger partial charge in [-0.05, 0) is 42.7 Å². The molecule has 0 amide bonds. The molecule has 162 valence electrons. The van der Waals surface area contributed by atoms with Gasteiger partial charge in [0, 0.05) is 18.8 Å². The fourth-order valence-corrected chi connectivity index (χ4v) is 3.94. The molecule has 1 aliphatic heterocycles. The van der Waals surface area contributed by atoms with E-state index in [2.05, 4.69) is 17.0 Å². The maximum atomic E-state index is 14.1. The number of rotatable bonds is 6. The summed E-state index contributed by atoms with van der Waals surface area (Å²) < 4.78 is 20.6. The average Bonchev–Trinajstić information content (AvgIpc) is 3.28. The number of esters is 1. The Labute approximate surface area is 178 Å². The first-order valence-corrected chi connectivity index (χ1v) is 10.2. The Morgan fingerprint density at radius 1 is 1.35 bits per heavy atom. The summed E-state index contributed by atoms with van der Waals surface area (Å²) in [5.41, 5.74) is 8.07. The number of carbonyl (C=O) groups is 1. The first-order chi connectivity index (χ1) is 14.9. The van der Waals surface area contributed by atoms with E-state index >= 15 is 0 Å². The molecule has 2 aromatic heterocycles. The smallest absolute Gasteiger partial charge is 0.345 e. The van der Waals surface area contributed by atoms with Crippen LogP contribution in [0.4, 0.5) is 16.0 Å². The van der Waals surface area contributed by atoms with Crippen molar-refractivity contribution >= 4 is 23.3 Å². The molecular weight excluding hydrogens is 401 g/mol. The number of halogens is 1. The molecule has 0 fully saturated rings. The van der Waals surface area contributed by atoms with Crippen LogP contribution >= 0.6 is 0 Å². The summed E-state index contributed by atoms with van der Waals surface area (Å²) in [7, 11) is 0. The van der Waals surface area contributed by atoms with Crippen LogP contribution in [0.15, 0.2) is 42.4 Å². The number of benzene rings is 1. The van der Waals surface area contributed by atoms with E-state index in [1.807, 2.05) is 0 Å². The van der Waals surface area contributed by atoms with Crippen molar-refractivity contribution in [1.29, 1.82) is 0 Å². The minimum Gasteiger partial charge on any atom is -0.511 e. The Morgan fingerprint density at radius 2 is 2.16 bits per heavy atom. The maximum absolute atomic E-state index is 14.1. The van der Waals surface area contributed by atoms with Crippen LogP contribution in [0.3, 0.4) is 0 Å². The Kier molecular flexibility index (Phi) is 5.50. The number of aliphatic hydroxyl groups is 1. The monoisotopic (exact) mass is 425 g/mol. The number of nitrogens with two attached hydrogens (primary N) is 1. The van der Waals surface area contributed by atoms with Crippen molar-refractivity contribution in [2.45, 2.75) is 39.2 Å². The number of ether oxygens (including phenoxy) is 1. The molecule has 9 heteroatoms. The lowest BCUT2D eigenvalue weighted by Crippen LogP contribution is -2.21. The number of anilines is 2. The Hall–Kier alpha value is -3.62. The van der Waals surface area contributed by atoms with Gasteiger partial charge in [-0.1, -0.05) is 19.4 Å². The third-order valence-electron chi connectivity index (χ3n) is 5.25. The summed E-state index contributed by atoms with van der Waals surface area (Å²) in [6.07, 6.45) is 5.23. The summed E-state index contributed by atoms with van der Waals surface area (Å²) in [6, 6.07) is 6.11. The number of aromatic nitrogens is 3. The number of fused-ring (bicyclic) bond motifs is 1. The second kappa shape index (κ2) is 8.25. The molecule has 1 unspecified atom stereocenters. The molecule has 0 saturated carbocycles. The topological polar surface area (TPSA) is 106 Å².